The van der Waals surface area contributed by atoms with Gasteiger partial charge in [0.25, 0.3) is 5.91 Å². The highest BCUT2D eigenvalue weighted by molar-refractivity contribution is 5.95. The maximum atomic E-state index is 12.1. The lowest BCUT2D eigenvalue weighted by atomic mass is 10.2. The first kappa shape index (κ1) is 20.9. The fraction of sp³-hybridized carbons (Fsp3) is 0.333. The minimum Gasteiger partial charge on any atom is -0.452 e. The summed E-state index contributed by atoms with van der Waals surface area (Å²) in [6.45, 7) is 4.51. The largest absolute Gasteiger partial charge is 0.452 e. The van der Waals surface area contributed by atoms with Gasteiger partial charge in [-0.3, -0.25) is 14.4 Å². The van der Waals surface area contributed by atoms with E-state index in [1.54, 1.807) is 38.1 Å². The third-order valence-electron chi connectivity index (χ3n) is 3.20. The molecule has 0 atom stereocenters. The number of allylic oxidation sites excluding steroid dienone is 1. The number of anilines is 2. The fourth-order valence-electron chi connectivity index (χ4n) is 2.00. The molecule has 0 saturated heterocycles. The highest BCUT2D eigenvalue weighted by atomic mass is 16.5. The molecule has 1 rings (SSSR count). The summed E-state index contributed by atoms with van der Waals surface area (Å²) in [5, 5.41) is 5.29. The van der Waals surface area contributed by atoms with Crippen LogP contribution in [0.25, 0.3) is 0 Å². The minimum absolute atomic E-state index is 0.163. The number of benzene rings is 1. The number of nitrogens with one attached hydrogen (secondary N) is 2. The van der Waals surface area contributed by atoms with E-state index < -0.39 is 18.5 Å². The molecule has 0 spiro atoms. The number of ether oxygens (including phenoxy) is 1. The Kier molecular flexibility index (Phi) is 8.56. The first-order valence-corrected chi connectivity index (χ1v) is 8.10. The topological polar surface area (TPSA) is 105 Å². The van der Waals surface area contributed by atoms with Gasteiger partial charge in [-0.2, -0.15) is 0 Å². The molecule has 0 aromatic heterocycles. The molecule has 0 saturated carbocycles. The van der Waals surface area contributed by atoms with Crippen LogP contribution in [-0.2, 0) is 23.9 Å². The van der Waals surface area contributed by atoms with Crippen molar-refractivity contribution in [2.75, 3.05) is 30.3 Å². The summed E-state index contributed by atoms with van der Waals surface area (Å²) in [7, 11) is 0. The van der Waals surface area contributed by atoms with Crippen molar-refractivity contribution >= 4 is 35.1 Å². The molecule has 0 radical (unpaired) electrons. The van der Waals surface area contributed by atoms with Crippen LogP contribution in [0.2, 0.25) is 0 Å². The number of carbonyl (C=O) groups is 4. The van der Waals surface area contributed by atoms with Crippen molar-refractivity contribution in [2.24, 2.45) is 0 Å². The predicted molar refractivity (Wildman–Crippen MR) is 97.4 cm³/mol. The maximum Gasteiger partial charge on any atom is 0.330 e. The molecular weight excluding hydrogens is 338 g/mol. The van der Waals surface area contributed by atoms with Crippen LogP contribution in [0.15, 0.2) is 36.4 Å². The van der Waals surface area contributed by atoms with Crippen LogP contribution in [-0.4, -0.2) is 48.3 Å². The maximum absolute atomic E-state index is 12.1. The number of rotatable bonds is 8. The molecular formula is C18H23N3O5. The summed E-state index contributed by atoms with van der Waals surface area (Å²) >= 11 is 0. The van der Waals surface area contributed by atoms with Crippen molar-refractivity contribution in [3.63, 3.8) is 0 Å². The van der Waals surface area contributed by atoms with Crippen molar-refractivity contribution in [1.29, 1.82) is 0 Å². The Morgan fingerprint density at radius 3 is 2.15 bits per heavy atom. The lowest BCUT2D eigenvalue weighted by Gasteiger charge is -2.20. The first-order valence-electron chi connectivity index (χ1n) is 8.10. The third-order valence-corrected chi connectivity index (χ3v) is 3.20. The van der Waals surface area contributed by atoms with Crippen LogP contribution in [0.1, 0.15) is 20.8 Å². The van der Waals surface area contributed by atoms with Crippen LogP contribution < -0.4 is 10.6 Å². The molecule has 2 N–H and O–H groups in total. The second-order valence-corrected chi connectivity index (χ2v) is 5.32. The van der Waals surface area contributed by atoms with E-state index in [1.807, 2.05) is 0 Å². The Hall–Kier alpha value is -3.16. The average molecular weight is 361 g/mol. The molecule has 0 fully saturated rings. The van der Waals surface area contributed by atoms with E-state index in [4.69, 9.17) is 4.74 Å². The normalized spacial score (nSPS) is 10.3. The summed E-state index contributed by atoms with van der Waals surface area (Å²) in [4.78, 5) is 47.6. The Balaban J connectivity index is 2.54. The van der Waals surface area contributed by atoms with Crippen LogP contribution >= 0.6 is 0 Å². The summed E-state index contributed by atoms with van der Waals surface area (Å²) in [6, 6.07) is 6.58. The molecule has 140 valence electrons. The second kappa shape index (κ2) is 10.7. The molecule has 0 aliphatic heterocycles. The third kappa shape index (κ3) is 7.61. The quantitative estimate of drug-likeness (QED) is 0.540. The number of esters is 1. The summed E-state index contributed by atoms with van der Waals surface area (Å²) in [5.41, 5.74) is 1.15. The lowest BCUT2D eigenvalue weighted by molar-refractivity contribution is -0.148. The van der Waals surface area contributed by atoms with E-state index in [0.717, 1.165) is 0 Å². The van der Waals surface area contributed by atoms with Crippen LogP contribution in [0.5, 0.6) is 0 Å². The van der Waals surface area contributed by atoms with Gasteiger partial charge in [-0.05, 0) is 38.1 Å². The number of carbonyl (C=O) groups excluding carboxylic acids is 4. The van der Waals surface area contributed by atoms with Crippen molar-refractivity contribution in [3.05, 3.63) is 36.4 Å². The Morgan fingerprint density at radius 1 is 1.08 bits per heavy atom. The summed E-state index contributed by atoms with van der Waals surface area (Å²) < 4.78 is 4.79. The zero-order valence-electron chi connectivity index (χ0n) is 15.1. The molecule has 1 aromatic carbocycles. The van der Waals surface area contributed by atoms with E-state index in [-0.39, 0.29) is 18.4 Å². The van der Waals surface area contributed by atoms with Crippen molar-refractivity contribution in [1.82, 2.24) is 4.90 Å². The standard InChI is InChI=1S/C18H23N3O5/c1-4-6-18(25)26-12-17(24)21(5-2)11-16(23)20-15-9-7-14(8-10-15)19-13(3)22/h4,6-10H,5,11-12H2,1-3H3,(H,19,22)(H,20,23)/b6-4+. The van der Waals surface area contributed by atoms with Gasteiger partial charge in [0, 0.05) is 30.9 Å². The molecule has 26 heavy (non-hydrogen) atoms. The van der Waals surface area contributed by atoms with E-state index in [2.05, 4.69) is 10.6 Å². The minimum atomic E-state index is -0.611. The summed E-state index contributed by atoms with van der Waals surface area (Å²) in [5.74, 6) is -1.64. The molecule has 1 aromatic rings. The lowest BCUT2D eigenvalue weighted by Crippen LogP contribution is -2.40. The van der Waals surface area contributed by atoms with Gasteiger partial charge >= 0.3 is 5.97 Å². The molecule has 0 heterocycles. The van der Waals surface area contributed by atoms with Gasteiger partial charge in [0.15, 0.2) is 6.61 Å². The number of hydrogen-bond donors (Lipinski definition) is 2. The van der Waals surface area contributed by atoms with Gasteiger partial charge in [-0.15, -0.1) is 0 Å². The number of amides is 3. The van der Waals surface area contributed by atoms with E-state index in [0.29, 0.717) is 17.9 Å². The summed E-state index contributed by atoms with van der Waals surface area (Å²) in [6.07, 6.45) is 2.72. The monoisotopic (exact) mass is 361 g/mol. The number of nitrogens with zero attached hydrogens (tertiary/aromatic N) is 1. The SMILES string of the molecule is C/C=C/C(=O)OCC(=O)N(CC)CC(=O)Nc1ccc(NC(C)=O)cc1. The Bertz CT molecular complexity index is 683. The van der Waals surface area contributed by atoms with E-state index in [9.17, 15) is 19.2 Å². The highest BCUT2D eigenvalue weighted by Gasteiger charge is 2.17. The van der Waals surface area contributed by atoms with Crippen molar-refractivity contribution in [2.45, 2.75) is 20.8 Å². The smallest absolute Gasteiger partial charge is 0.330 e. The zero-order chi connectivity index (χ0) is 19.5. The molecule has 8 nitrogen and oxygen atoms in total. The fourth-order valence-corrected chi connectivity index (χ4v) is 2.00. The molecule has 3 amide bonds. The Labute approximate surface area is 152 Å². The van der Waals surface area contributed by atoms with Gasteiger partial charge in [0.1, 0.15) is 0 Å². The second-order valence-electron chi connectivity index (χ2n) is 5.32. The van der Waals surface area contributed by atoms with E-state index in [1.165, 1.54) is 24.0 Å². The van der Waals surface area contributed by atoms with Crippen molar-refractivity contribution < 1.29 is 23.9 Å². The van der Waals surface area contributed by atoms with E-state index >= 15 is 0 Å². The number of likely N-dealkylation sites (N-methyl/N-ethyl adjacent to an activating group) is 1. The molecule has 0 aliphatic rings. The highest BCUT2D eigenvalue weighted by Crippen LogP contribution is 2.13. The van der Waals surface area contributed by atoms with Crippen LogP contribution in [0.4, 0.5) is 11.4 Å². The van der Waals surface area contributed by atoms with Crippen LogP contribution in [0, 0.1) is 0 Å². The predicted octanol–water partition coefficient (Wildman–Crippen LogP) is 1.55. The Morgan fingerprint density at radius 2 is 1.65 bits per heavy atom. The number of hydrogen-bond acceptors (Lipinski definition) is 5. The van der Waals surface area contributed by atoms with Gasteiger partial charge in [0.05, 0.1) is 6.54 Å². The first-order chi connectivity index (χ1) is 12.3. The van der Waals surface area contributed by atoms with Gasteiger partial charge in [0.2, 0.25) is 11.8 Å². The average Bonchev–Trinajstić information content (AvgIpc) is 2.59. The molecule has 0 aliphatic carbocycles. The van der Waals surface area contributed by atoms with Gasteiger partial charge < -0.3 is 20.3 Å². The van der Waals surface area contributed by atoms with Crippen LogP contribution in [0.3, 0.4) is 0 Å². The van der Waals surface area contributed by atoms with Gasteiger partial charge in [-0.25, -0.2) is 4.79 Å². The molecule has 0 unspecified atom stereocenters. The van der Waals surface area contributed by atoms with Crippen molar-refractivity contribution in [3.8, 4) is 0 Å². The van der Waals surface area contributed by atoms with Gasteiger partial charge in [-0.1, -0.05) is 6.08 Å². The molecule has 8 heteroatoms. The zero-order valence-corrected chi connectivity index (χ0v) is 15.1. The molecule has 0 bridgehead atoms.